The maximum Gasteiger partial charge on any atom is 0.416 e. The first kappa shape index (κ1) is 9.52. The first-order valence-electron chi connectivity index (χ1n) is 4.34. The highest BCUT2D eigenvalue weighted by Crippen LogP contribution is 2.33. The normalized spacial score (nSPS) is 20.9. The second-order valence-electron chi connectivity index (χ2n) is 3.31. The molecule has 1 heterocycles. The van der Waals surface area contributed by atoms with Gasteiger partial charge in [0.1, 0.15) is 0 Å². The van der Waals surface area contributed by atoms with E-state index in [-0.39, 0.29) is 6.10 Å². The van der Waals surface area contributed by atoms with Gasteiger partial charge in [0, 0.05) is 6.42 Å². The molecule has 0 radical (unpaired) electrons. The summed E-state index contributed by atoms with van der Waals surface area (Å²) in [5.41, 5.74) is -0.224. The highest BCUT2D eigenvalue weighted by atomic mass is 19.4. The smallest absolute Gasteiger partial charge is 0.373 e. The minimum atomic E-state index is -4.26. The van der Waals surface area contributed by atoms with Crippen LogP contribution in [0.25, 0.3) is 0 Å². The molecule has 0 bridgehead atoms. The lowest BCUT2D eigenvalue weighted by Crippen LogP contribution is -2.10. The molecule has 0 amide bonds. The molecule has 1 saturated heterocycles. The lowest BCUT2D eigenvalue weighted by atomic mass is 10.0. The van der Waals surface area contributed by atoms with E-state index in [1.165, 1.54) is 12.1 Å². The van der Waals surface area contributed by atoms with Crippen molar-refractivity contribution < 1.29 is 17.9 Å². The maximum atomic E-state index is 12.5. The highest BCUT2D eigenvalue weighted by molar-refractivity contribution is 5.30. The topological polar surface area (TPSA) is 12.5 Å². The van der Waals surface area contributed by atoms with Crippen LogP contribution in [0.2, 0.25) is 0 Å². The van der Waals surface area contributed by atoms with E-state index in [2.05, 4.69) is 0 Å². The number of rotatable bonds is 2. The first-order chi connectivity index (χ1) is 6.57. The Balaban J connectivity index is 2.27. The summed E-state index contributed by atoms with van der Waals surface area (Å²) in [6, 6.07) is 5.63. The van der Waals surface area contributed by atoms with Crippen molar-refractivity contribution in [3.8, 4) is 0 Å². The summed E-state index contributed by atoms with van der Waals surface area (Å²) in [4.78, 5) is 0. The van der Waals surface area contributed by atoms with Crippen LogP contribution in [0.5, 0.6) is 0 Å². The Morgan fingerprint density at radius 3 is 2.50 bits per heavy atom. The Bertz CT molecular complexity index is 328. The van der Waals surface area contributed by atoms with Gasteiger partial charge in [0.05, 0.1) is 18.3 Å². The summed E-state index contributed by atoms with van der Waals surface area (Å²) in [5, 5.41) is 0. The van der Waals surface area contributed by atoms with Crippen molar-refractivity contribution in [3.63, 3.8) is 0 Å². The minimum absolute atomic E-state index is 0.0153. The van der Waals surface area contributed by atoms with Gasteiger partial charge in [0.2, 0.25) is 0 Å². The predicted molar refractivity (Wildman–Crippen MR) is 44.9 cm³/mol. The van der Waals surface area contributed by atoms with Crippen molar-refractivity contribution >= 4 is 0 Å². The van der Waals surface area contributed by atoms with Crippen molar-refractivity contribution in [1.29, 1.82) is 0 Å². The van der Waals surface area contributed by atoms with E-state index >= 15 is 0 Å². The molecule has 0 aliphatic carbocycles. The maximum absolute atomic E-state index is 12.5. The number of benzene rings is 1. The molecule has 1 aromatic rings. The Morgan fingerprint density at radius 1 is 1.29 bits per heavy atom. The van der Waals surface area contributed by atoms with E-state index in [4.69, 9.17) is 4.74 Å². The molecule has 2 rings (SSSR count). The third-order valence-corrected chi connectivity index (χ3v) is 2.17. The zero-order valence-electron chi connectivity index (χ0n) is 7.34. The van der Waals surface area contributed by atoms with Crippen LogP contribution in [0.1, 0.15) is 11.1 Å². The van der Waals surface area contributed by atoms with Gasteiger partial charge >= 0.3 is 6.18 Å². The molecular formula is C10H9F3O. The molecule has 1 atom stereocenters. The van der Waals surface area contributed by atoms with Crippen LogP contribution in [-0.4, -0.2) is 12.7 Å². The molecule has 76 valence electrons. The average Bonchev–Trinajstić information content (AvgIpc) is 2.87. The molecule has 1 aliphatic heterocycles. The van der Waals surface area contributed by atoms with Crippen LogP contribution in [0.15, 0.2) is 24.3 Å². The average molecular weight is 202 g/mol. The van der Waals surface area contributed by atoms with Gasteiger partial charge in [-0.25, -0.2) is 0 Å². The second-order valence-corrected chi connectivity index (χ2v) is 3.31. The van der Waals surface area contributed by atoms with Crippen molar-refractivity contribution in [3.05, 3.63) is 35.4 Å². The quantitative estimate of drug-likeness (QED) is 0.671. The van der Waals surface area contributed by atoms with Gasteiger partial charge < -0.3 is 4.74 Å². The van der Waals surface area contributed by atoms with Crippen LogP contribution >= 0.6 is 0 Å². The molecule has 0 N–H and O–H groups in total. The molecule has 0 spiro atoms. The van der Waals surface area contributed by atoms with E-state index in [1.807, 2.05) is 0 Å². The molecular weight excluding hydrogens is 193 g/mol. The largest absolute Gasteiger partial charge is 0.416 e. The van der Waals surface area contributed by atoms with Crippen LogP contribution in [0.3, 0.4) is 0 Å². The Morgan fingerprint density at radius 2 is 1.93 bits per heavy atom. The minimum Gasteiger partial charge on any atom is -0.373 e. The third-order valence-electron chi connectivity index (χ3n) is 2.17. The molecule has 0 unspecified atom stereocenters. The third kappa shape index (κ3) is 2.07. The molecule has 1 aliphatic rings. The number of epoxide rings is 1. The van der Waals surface area contributed by atoms with Crippen molar-refractivity contribution in [1.82, 2.24) is 0 Å². The van der Waals surface area contributed by atoms with Gasteiger partial charge in [-0.05, 0) is 11.6 Å². The van der Waals surface area contributed by atoms with Crippen LogP contribution in [0.4, 0.5) is 13.2 Å². The molecule has 1 aromatic carbocycles. The van der Waals surface area contributed by atoms with Crippen molar-refractivity contribution in [2.75, 3.05) is 6.61 Å². The van der Waals surface area contributed by atoms with Gasteiger partial charge in [-0.1, -0.05) is 18.2 Å². The van der Waals surface area contributed by atoms with Crippen LogP contribution in [0, 0.1) is 0 Å². The summed E-state index contributed by atoms with van der Waals surface area (Å²) in [6.45, 7) is 0.576. The molecule has 1 fully saturated rings. The molecule has 14 heavy (non-hydrogen) atoms. The molecule has 4 heteroatoms. The summed E-state index contributed by atoms with van der Waals surface area (Å²) in [6.07, 6.45) is -3.92. The number of ether oxygens (including phenoxy) is 1. The van der Waals surface area contributed by atoms with Gasteiger partial charge in [-0.2, -0.15) is 13.2 Å². The summed E-state index contributed by atoms with van der Waals surface area (Å²) >= 11 is 0. The fourth-order valence-corrected chi connectivity index (χ4v) is 1.41. The van der Waals surface area contributed by atoms with Gasteiger partial charge in [-0.15, -0.1) is 0 Å². The number of alkyl halides is 3. The lowest BCUT2D eigenvalue weighted by molar-refractivity contribution is -0.138. The van der Waals surface area contributed by atoms with Gasteiger partial charge in [0.15, 0.2) is 0 Å². The van der Waals surface area contributed by atoms with Crippen LogP contribution in [-0.2, 0) is 17.3 Å². The number of hydrogen-bond acceptors (Lipinski definition) is 1. The van der Waals surface area contributed by atoms with Crippen molar-refractivity contribution in [2.24, 2.45) is 0 Å². The van der Waals surface area contributed by atoms with E-state index in [9.17, 15) is 13.2 Å². The summed E-state index contributed by atoms with van der Waals surface area (Å²) in [5.74, 6) is 0. The van der Waals surface area contributed by atoms with Gasteiger partial charge in [-0.3, -0.25) is 0 Å². The fourth-order valence-electron chi connectivity index (χ4n) is 1.41. The van der Waals surface area contributed by atoms with E-state index < -0.39 is 11.7 Å². The monoisotopic (exact) mass is 202 g/mol. The van der Waals surface area contributed by atoms with E-state index in [1.54, 1.807) is 6.07 Å². The van der Waals surface area contributed by atoms with Crippen molar-refractivity contribution in [2.45, 2.75) is 18.7 Å². The Hall–Kier alpha value is -1.03. The molecule has 1 nitrogen and oxygen atoms in total. The van der Waals surface area contributed by atoms with E-state index in [0.29, 0.717) is 18.6 Å². The zero-order chi connectivity index (χ0) is 10.2. The Kier molecular flexibility index (Phi) is 2.23. The van der Waals surface area contributed by atoms with E-state index in [0.717, 1.165) is 6.07 Å². The predicted octanol–water partition coefficient (Wildman–Crippen LogP) is 2.65. The van der Waals surface area contributed by atoms with Crippen LogP contribution < -0.4 is 0 Å². The fraction of sp³-hybridized carbons (Fsp3) is 0.400. The summed E-state index contributed by atoms with van der Waals surface area (Å²) < 4.78 is 42.3. The number of hydrogen-bond donors (Lipinski definition) is 0. The lowest BCUT2D eigenvalue weighted by Gasteiger charge is -2.11. The second kappa shape index (κ2) is 3.28. The summed E-state index contributed by atoms with van der Waals surface area (Å²) in [7, 11) is 0. The SMILES string of the molecule is FC(F)(F)c1ccccc1C[C@@H]1CO1. The zero-order valence-corrected chi connectivity index (χ0v) is 7.34. The number of halogens is 3. The first-order valence-corrected chi connectivity index (χ1v) is 4.34. The Labute approximate surface area is 79.5 Å². The van der Waals surface area contributed by atoms with Gasteiger partial charge in [0.25, 0.3) is 0 Å². The molecule has 0 aromatic heterocycles. The standard InChI is InChI=1S/C10H9F3O/c11-10(12,13)9-4-2-1-3-7(9)5-8-6-14-8/h1-4,8H,5-6H2/t8-/m1/s1. The highest BCUT2D eigenvalue weighted by Gasteiger charge is 2.34. The molecule has 0 saturated carbocycles.